The summed E-state index contributed by atoms with van der Waals surface area (Å²) in [4.78, 5) is 23.6. The van der Waals surface area contributed by atoms with Crippen LogP contribution in [0.4, 0.5) is 0 Å². The van der Waals surface area contributed by atoms with E-state index in [0.29, 0.717) is 17.9 Å². The third kappa shape index (κ3) is 2.27. The van der Waals surface area contributed by atoms with Crippen molar-refractivity contribution >= 4 is 23.4 Å². The second-order valence-electron chi connectivity index (χ2n) is 4.79. The van der Waals surface area contributed by atoms with E-state index in [1.165, 1.54) is 0 Å². The predicted molar refractivity (Wildman–Crippen MR) is 68.7 cm³/mol. The first-order valence-electron chi connectivity index (χ1n) is 6.06. The number of benzene rings is 1. The zero-order chi connectivity index (χ0) is 13.2. The van der Waals surface area contributed by atoms with Crippen LogP contribution in [0.2, 0.25) is 5.02 Å². The highest BCUT2D eigenvalue weighted by Crippen LogP contribution is 2.38. The van der Waals surface area contributed by atoms with Gasteiger partial charge in [-0.1, -0.05) is 36.2 Å². The summed E-state index contributed by atoms with van der Waals surface area (Å²) in [5.74, 6) is -1.19. The molecule has 0 heterocycles. The van der Waals surface area contributed by atoms with Crippen LogP contribution >= 0.6 is 11.6 Å². The lowest BCUT2D eigenvalue weighted by atomic mass is 9.69. The highest BCUT2D eigenvalue weighted by molar-refractivity contribution is 6.31. The van der Waals surface area contributed by atoms with Gasteiger partial charge in [0.15, 0.2) is 5.78 Å². The molecule has 1 saturated carbocycles. The Bertz CT molecular complexity index is 484. The molecule has 0 spiro atoms. The van der Waals surface area contributed by atoms with Crippen LogP contribution in [0.25, 0.3) is 0 Å². The van der Waals surface area contributed by atoms with Crippen molar-refractivity contribution in [1.29, 1.82) is 0 Å². The number of halogens is 1. The summed E-state index contributed by atoms with van der Waals surface area (Å²) in [6.45, 7) is 0. The first kappa shape index (κ1) is 13.1. The fourth-order valence-corrected chi connectivity index (χ4v) is 2.75. The lowest BCUT2D eigenvalue weighted by Crippen LogP contribution is -2.43. The molecule has 1 N–H and O–H groups in total. The summed E-state index contributed by atoms with van der Waals surface area (Å²) in [6, 6.07) is 7.11. The van der Waals surface area contributed by atoms with Gasteiger partial charge in [-0.3, -0.25) is 9.59 Å². The van der Waals surface area contributed by atoms with Gasteiger partial charge in [0.25, 0.3) is 0 Å². The molecule has 4 heteroatoms. The number of hydrogen-bond donors (Lipinski definition) is 1. The lowest BCUT2D eigenvalue weighted by Gasteiger charge is -2.31. The van der Waals surface area contributed by atoms with Gasteiger partial charge in [-0.15, -0.1) is 0 Å². The quantitative estimate of drug-likeness (QED) is 0.856. The number of ketones is 1. The van der Waals surface area contributed by atoms with E-state index in [2.05, 4.69) is 0 Å². The van der Waals surface area contributed by atoms with Crippen LogP contribution in [0.3, 0.4) is 0 Å². The standard InChI is InChI=1S/C14H15ClO3/c15-11-6-2-1-5-10(11)9-14(13(17)18)8-4-3-7-12(14)16/h1-2,5-6H,3-4,7-9H2,(H,17,18). The molecule has 1 fully saturated rings. The average Bonchev–Trinajstić information content (AvgIpc) is 2.34. The summed E-state index contributed by atoms with van der Waals surface area (Å²) in [5.41, 5.74) is -0.541. The molecule has 0 aromatic heterocycles. The summed E-state index contributed by atoms with van der Waals surface area (Å²) in [7, 11) is 0. The molecular formula is C14H15ClO3. The largest absolute Gasteiger partial charge is 0.480 e. The molecule has 1 aromatic rings. The first-order chi connectivity index (χ1) is 8.56. The maximum Gasteiger partial charge on any atom is 0.317 e. The summed E-state index contributed by atoms with van der Waals surface area (Å²) in [5, 5.41) is 9.97. The molecule has 18 heavy (non-hydrogen) atoms. The first-order valence-corrected chi connectivity index (χ1v) is 6.44. The van der Waals surface area contributed by atoms with Gasteiger partial charge in [0.2, 0.25) is 0 Å². The molecule has 1 aliphatic rings. The van der Waals surface area contributed by atoms with Crippen LogP contribution in [-0.2, 0) is 16.0 Å². The van der Waals surface area contributed by atoms with Crippen LogP contribution in [0, 0.1) is 5.41 Å². The van der Waals surface area contributed by atoms with Gasteiger partial charge < -0.3 is 5.11 Å². The van der Waals surface area contributed by atoms with E-state index in [9.17, 15) is 14.7 Å². The van der Waals surface area contributed by atoms with Crippen LogP contribution < -0.4 is 0 Å². The Kier molecular flexibility index (Phi) is 3.71. The molecule has 0 bridgehead atoms. The average molecular weight is 267 g/mol. The number of carboxylic acid groups (broad SMARTS) is 1. The highest BCUT2D eigenvalue weighted by Gasteiger charge is 2.46. The van der Waals surface area contributed by atoms with Gasteiger partial charge >= 0.3 is 5.97 Å². The van der Waals surface area contributed by atoms with Gasteiger partial charge in [-0.2, -0.15) is 0 Å². The van der Waals surface area contributed by atoms with Crippen molar-refractivity contribution in [3.8, 4) is 0 Å². The van der Waals surface area contributed by atoms with Gasteiger partial charge in [-0.05, 0) is 30.9 Å². The molecule has 3 nitrogen and oxygen atoms in total. The summed E-state index contributed by atoms with van der Waals surface area (Å²) in [6.07, 6.45) is 2.53. The number of carboxylic acids is 1. The van der Waals surface area contributed by atoms with Crippen LogP contribution in [0.1, 0.15) is 31.2 Å². The maximum absolute atomic E-state index is 12.0. The van der Waals surface area contributed by atoms with Crippen LogP contribution in [-0.4, -0.2) is 16.9 Å². The topological polar surface area (TPSA) is 54.4 Å². The van der Waals surface area contributed by atoms with Gasteiger partial charge in [0, 0.05) is 11.4 Å². The third-order valence-electron chi connectivity index (χ3n) is 3.65. The van der Waals surface area contributed by atoms with Crippen molar-refractivity contribution in [2.45, 2.75) is 32.1 Å². The molecule has 0 radical (unpaired) electrons. The van der Waals surface area contributed by atoms with Crippen molar-refractivity contribution in [2.75, 3.05) is 0 Å². The Morgan fingerprint density at radius 2 is 2.06 bits per heavy atom. The fourth-order valence-electron chi connectivity index (χ4n) is 2.55. The Labute approximate surface area is 111 Å². The molecule has 1 atom stereocenters. The van der Waals surface area contributed by atoms with E-state index in [4.69, 9.17) is 11.6 Å². The highest BCUT2D eigenvalue weighted by atomic mass is 35.5. The zero-order valence-corrected chi connectivity index (χ0v) is 10.7. The van der Waals surface area contributed by atoms with Crippen molar-refractivity contribution in [1.82, 2.24) is 0 Å². The molecule has 0 aliphatic heterocycles. The number of hydrogen-bond acceptors (Lipinski definition) is 2. The van der Waals surface area contributed by atoms with E-state index in [-0.39, 0.29) is 12.2 Å². The molecule has 0 saturated heterocycles. The SMILES string of the molecule is O=C(O)C1(Cc2ccccc2Cl)CCCCC1=O. The van der Waals surface area contributed by atoms with Gasteiger partial charge in [0.1, 0.15) is 5.41 Å². The molecule has 96 valence electrons. The van der Waals surface area contributed by atoms with Gasteiger partial charge in [0.05, 0.1) is 0 Å². The molecule has 1 aromatic carbocycles. The molecule has 2 rings (SSSR count). The zero-order valence-electron chi connectivity index (χ0n) is 9.99. The van der Waals surface area contributed by atoms with Crippen LogP contribution in [0.15, 0.2) is 24.3 Å². The molecule has 0 amide bonds. The number of aliphatic carboxylic acids is 1. The summed E-state index contributed by atoms with van der Waals surface area (Å²) >= 11 is 6.05. The van der Waals surface area contributed by atoms with E-state index < -0.39 is 11.4 Å². The van der Waals surface area contributed by atoms with Gasteiger partial charge in [-0.25, -0.2) is 0 Å². The van der Waals surface area contributed by atoms with Crippen molar-refractivity contribution in [3.63, 3.8) is 0 Å². The number of rotatable bonds is 3. The monoisotopic (exact) mass is 266 g/mol. The fraction of sp³-hybridized carbons (Fsp3) is 0.429. The normalized spacial score (nSPS) is 23.9. The van der Waals surface area contributed by atoms with E-state index in [1.54, 1.807) is 18.2 Å². The summed E-state index contributed by atoms with van der Waals surface area (Å²) < 4.78 is 0. The lowest BCUT2D eigenvalue weighted by molar-refractivity contribution is -0.157. The number of carbonyl (C=O) groups is 2. The number of Topliss-reactive ketones (excluding diaryl/α,β-unsaturated/α-hetero) is 1. The van der Waals surface area contributed by atoms with Crippen molar-refractivity contribution in [2.24, 2.45) is 5.41 Å². The Morgan fingerprint density at radius 3 is 2.67 bits per heavy atom. The second-order valence-corrected chi connectivity index (χ2v) is 5.19. The Balaban J connectivity index is 2.35. The van der Waals surface area contributed by atoms with Crippen molar-refractivity contribution < 1.29 is 14.7 Å². The minimum absolute atomic E-state index is 0.166. The van der Waals surface area contributed by atoms with E-state index >= 15 is 0 Å². The molecule has 1 unspecified atom stereocenters. The molecular weight excluding hydrogens is 252 g/mol. The predicted octanol–water partition coefficient (Wildman–Crippen LogP) is 3.10. The van der Waals surface area contributed by atoms with Crippen molar-refractivity contribution in [3.05, 3.63) is 34.9 Å². The number of carbonyl (C=O) groups excluding carboxylic acids is 1. The third-order valence-corrected chi connectivity index (χ3v) is 4.02. The van der Waals surface area contributed by atoms with E-state index in [1.807, 2.05) is 6.07 Å². The Morgan fingerprint density at radius 1 is 1.33 bits per heavy atom. The van der Waals surface area contributed by atoms with E-state index in [0.717, 1.165) is 18.4 Å². The molecule has 1 aliphatic carbocycles. The maximum atomic E-state index is 12.0. The minimum atomic E-state index is -1.27. The minimum Gasteiger partial charge on any atom is -0.480 e. The second kappa shape index (κ2) is 5.11. The van der Waals surface area contributed by atoms with Crippen LogP contribution in [0.5, 0.6) is 0 Å². The Hall–Kier alpha value is -1.35. The smallest absolute Gasteiger partial charge is 0.317 e.